The van der Waals surface area contributed by atoms with Crippen LogP contribution in [-0.4, -0.2) is 15.2 Å². The average Bonchev–Trinajstić information content (AvgIpc) is 2.94. The van der Waals surface area contributed by atoms with Crippen LogP contribution in [0.25, 0.3) is 22.8 Å². The first-order chi connectivity index (χ1) is 10.0. The maximum atomic E-state index is 9.71. The van der Waals surface area contributed by atoms with Crippen molar-refractivity contribution >= 4 is 31.9 Å². The monoisotopic (exact) mass is 408 g/mol. The van der Waals surface area contributed by atoms with Gasteiger partial charge in [0.1, 0.15) is 5.75 Å². The van der Waals surface area contributed by atoms with Crippen LogP contribution in [0.5, 0.6) is 5.75 Å². The molecule has 0 aliphatic heterocycles. The minimum Gasteiger partial charge on any atom is -0.507 e. The van der Waals surface area contributed by atoms with E-state index in [1.165, 1.54) is 0 Å². The van der Waals surface area contributed by atoms with Gasteiger partial charge in [-0.05, 0) is 52.7 Å². The molecule has 3 aromatic rings. The lowest BCUT2D eigenvalue weighted by atomic mass is 10.1. The summed E-state index contributed by atoms with van der Waals surface area (Å²) in [6, 6.07) is 11.0. The van der Waals surface area contributed by atoms with Crippen LogP contribution in [0.2, 0.25) is 0 Å². The Labute approximate surface area is 138 Å². The van der Waals surface area contributed by atoms with Gasteiger partial charge in [0.2, 0.25) is 5.82 Å². The summed E-state index contributed by atoms with van der Waals surface area (Å²) < 4.78 is 6.88. The number of aromatic hydroxyl groups is 1. The summed E-state index contributed by atoms with van der Waals surface area (Å²) in [6.45, 7) is 2.01. The van der Waals surface area contributed by atoms with E-state index in [9.17, 15) is 5.11 Å². The zero-order chi connectivity index (χ0) is 15.0. The Hall–Kier alpha value is -1.66. The molecule has 106 valence electrons. The summed E-state index contributed by atoms with van der Waals surface area (Å²) in [5.41, 5.74) is 2.67. The van der Waals surface area contributed by atoms with E-state index in [0.717, 1.165) is 15.6 Å². The number of benzene rings is 2. The van der Waals surface area contributed by atoms with E-state index in [0.29, 0.717) is 21.8 Å². The van der Waals surface area contributed by atoms with E-state index >= 15 is 0 Å². The highest BCUT2D eigenvalue weighted by atomic mass is 79.9. The van der Waals surface area contributed by atoms with Crippen LogP contribution in [0.1, 0.15) is 5.56 Å². The second-order valence-corrected chi connectivity index (χ2v) is 6.26. The van der Waals surface area contributed by atoms with Crippen molar-refractivity contribution in [2.24, 2.45) is 0 Å². The second kappa shape index (κ2) is 5.61. The highest BCUT2D eigenvalue weighted by molar-refractivity contribution is 9.10. The van der Waals surface area contributed by atoms with E-state index < -0.39 is 0 Å². The van der Waals surface area contributed by atoms with Crippen molar-refractivity contribution in [3.8, 4) is 28.6 Å². The van der Waals surface area contributed by atoms with Crippen molar-refractivity contribution in [2.75, 3.05) is 0 Å². The van der Waals surface area contributed by atoms with Gasteiger partial charge >= 0.3 is 0 Å². The Morgan fingerprint density at radius 3 is 2.48 bits per heavy atom. The SMILES string of the molecule is Cc1ccc(-c2noc(-c3ccc(Br)c(O)c3)n2)cc1Br. The summed E-state index contributed by atoms with van der Waals surface area (Å²) in [4.78, 5) is 4.37. The van der Waals surface area contributed by atoms with Crippen molar-refractivity contribution in [2.45, 2.75) is 6.92 Å². The van der Waals surface area contributed by atoms with E-state index in [1.807, 2.05) is 25.1 Å². The summed E-state index contributed by atoms with van der Waals surface area (Å²) in [6.07, 6.45) is 0. The first kappa shape index (κ1) is 14.3. The van der Waals surface area contributed by atoms with E-state index in [4.69, 9.17) is 4.52 Å². The number of hydrogen-bond acceptors (Lipinski definition) is 4. The van der Waals surface area contributed by atoms with Gasteiger partial charge in [0.05, 0.1) is 4.47 Å². The zero-order valence-electron chi connectivity index (χ0n) is 11.0. The first-order valence-electron chi connectivity index (χ1n) is 6.14. The predicted octanol–water partition coefficient (Wildman–Crippen LogP) is 4.94. The van der Waals surface area contributed by atoms with Gasteiger partial charge in [-0.25, -0.2) is 0 Å². The Morgan fingerprint density at radius 1 is 1.00 bits per heavy atom. The Balaban J connectivity index is 1.99. The molecule has 0 saturated heterocycles. The van der Waals surface area contributed by atoms with Crippen molar-refractivity contribution in [1.82, 2.24) is 10.1 Å². The molecule has 2 aromatic carbocycles. The molecular weight excluding hydrogens is 400 g/mol. The Bertz CT molecular complexity index is 749. The molecule has 0 unspecified atom stereocenters. The molecule has 0 saturated carbocycles. The van der Waals surface area contributed by atoms with Gasteiger partial charge in [0.25, 0.3) is 5.89 Å². The third kappa shape index (κ3) is 2.87. The molecule has 4 nitrogen and oxygen atoms in total. The third-order valence-electron chi connectivity index (χ3n) is 3.05. The van der Waals surface area contributed by atoms with Gasteiger partial charge < -0.3 is 9.63 Å². The molecule has 3 rings (SSSR count). The van der Waals surface area contributed by atoms with Gasteiger partial charge in [0.15, 0.2) is 0 Å². The molecular formula is C15H10Br2N2O2. The number of halogens is 2. The fourth-order valence-electron chi connectivity index (χ4n) is 1.84. The minimum atomic E-state index is 0.130. The predicted molar refractivity (Wildman–Crippen MR) is 87.0 cm³/mol. The normalized spacial score (nSPS) is 10.8. The molecule has 0 amide bonds. The maximum Gasteiger partial charge on any atom is 0.258 e. The van der Waals surface area contributed by atoms with E-state index in [1.54, 1.807) is 18.2 Å². The summed E-state index contributed by atoms with van der Waals surface area (Å²) in [7, 11) is 0. The lowest BCUT2D eigenvalue weighted by Gasteiger charge is -1.99. The second-order valence-electron chi connectivity index (χ2n) is 4.55. The van der Waals surface area contributed by atoms with Gasteiger partial charge in [0, 0.05) is 15.6 Å². The van der Waals surface area contributed by atoms with Crippen LogP contribution in [0.3, 0.4) is 0 Å². The maximum absolute atomic E-state index is 9.71. The van der Waals surface area contributed by atoms with Gasteiger partial charge in [-0.2, -0.15) is 4.98 Å². The average molecular weight is 410 g/mol. The highest BCUT2D eigenvalue weighted by Gasteiger charge is 2.12. The third-order valence-corrected chi connectivity index (χ3v) is 4.57. The van der Waals surface area contributed by atoms with Crippen LogP contribution < -0.4 is 0 Å². The van der Waals surface area contributed by atoms with Crippen molar-refractivity contribution in [3.63, 3.8) is 0 Å². The summed E-state index contributed by atoms with van der Waals surface area (Å²) >= 11 is 6.72. The van der Waals surface area contributed by atoms with Gasteiger partial charge in [-0.1, -0.05) is 33.2 Å². The molecule has 1 N–H and O–H groups in total. The largest absolute Gasteiger partial charge is 0.507 e. The molecule has 0 radical (unpaired) electrons. The molecule has 0 bridgehead atoms. The van der Waals surface area contributed by atoms with E-state index in [2.05, 4.69) is 42.0 Å². The van der Waals surface area contributed by atoms with E-state index in [-0.39, 0.29) is 5.75 Å². The van der Waals surface area contributed by atoms with Crippen molar-refractivity contribution in [3.05, 3.63) is 50.9 Å². The number of nitrogens with zero attached hydrogens (tertiary/aromatic N) is 2. The molecule has 0 aliphatic carbocycles. The molecule has 0 spiro atoms. The van der Waals surface area contributed by atoms with Gasteiger partial charge in [-0.3, -0.25) is 0 Å². The van der Waals surface area contributed by atoms with Crippen LogP contribution in [0, 0.1) is 6.92 Å². The molecule has 1 aromatic heterocycles. The highest BCUT2D eigenvalue weighted by Crippen LogP contribution is 2.30. The standard InChI is InChI=1S/C15H10Br2N2O2/c1-8-2-3-9(6-12(8)17)14-18-15(21-19-14)10-4-5-11(16)13(20)7-10/h2-7,20H,1H3. The minimum absolute atomic E-state index is 0.130. The lowest BCUT2D eigenvalue weighted by Crippen LogP contribution is -1.83. The fourth-order valence-corrected chi connectivity index (χ4v) is 2.46. The Morgan fingerprint density at radius 2 is 1.76 bits per heavy atom. The number of rotatable bonds is 2. The fraction of sp³-hybridized carbons (Fsp3) is 0.0667. The Kier molecular flexibility index (Phi) is 3.82. The van der Waals surface area contributed by atoms with Crippen LogP contribution in [0.15, 0.2) is 49.9 Å². The summed E-state index contributed by atoms with van der Waals surface area (Å²) in [5.74, 6) is 1.00. The quantitative estimate of drug-likeness (QED) is 0.650. The lowest BCUT2D eigenvalue weighted by molar-refractivity contribution is 0.431. The molecule has 0 aliphatic rings. The smallest absolute Gasteiger partial charge is 0.258 e. The molecule has 0 fully saturated rings. The van der Waals surface area contributed by atoms with Crippen LogP contribution >= 0.6 is 31.9 Å². The van der Waals surface area contributed by atoms with Crippen molar-refractivity contribution < 1.29 is 9.63 Å². The van der Waals surface area contributed by atoms with Crippen LogP contribution in [0.4, 0.5) is 0 Å². The van der Waals surface area contributed by atoms with Crippen molar-refractivity contribution in [1.29, 1.82) is 0 Å². The van der Waals surface area contributed by atoms with Crippen LogP contribution in [-0.2, 0) is 0 Å². The number of aromatic nitrogens is 2. The molecule has 6 heteroatoms. The summed E-state index contributed by atoms with van der Waals surface area (Å²) in [5, 5.41) is 13.7. The topological polar surface area (TPSA) is 59.2 Å². The van der Waals surface area contributed by atoms with Gasteiger partial charge in [-0.15, -0.1) is 0 Å². The number of aryl methyl sites for hydroxylation is 1. The molecule has 1 heterocycles. The number of phenolic OH excluding ortho intramolecular Hbond substituents is 1. The number of phenols is 1. The zero-order valence-corrected chi connectivity index (χ0v) is 14.1. The first-order valence-corrected chi connectivity index (χ1v) is 7.72. The molecule has 0 atom stereocenters. The molecule has 21 heavy (non-hydrogen) atoms. The number of hydrogen-bond donors (Lipinski definition) is 1.